The number of amides is 2. The molecule has 2 heterocycles. The van der Waals surface area contributed by atoms with Crippen molar-refractivity contribution in [1.82, 2.24) is 10.2 Å². The van der Waals surface area contributed by atoms with Crippen molar-refractivity contribution in [3.05, 3.63) is 39.7 Å². The predicted molar refractivity (Wildman–Crippen MR) is 110 cm³/mol. The zero-order valence-corrected chi connectivity index (χ0v) is 17.2. The van der Waals surface area contributed by atoms with E-state index in [0.717, 1.165) is 29.5 Å². The summed E-state index contributed by atoms with van der Waals surface area (Å²) >= 11 is 0. The van der Waals surface area contributed by atoms with Gasteiger partial charge in [0.15, 0.2) is 6.10 Å². The lowest BCUT2D eigenvalue weighted by Gasteiger charge is -2.18. The number of rotatable bonds is 8. The van der Waals surface area contributed by atoms with Gasteiger partial charge >= 0.3 is 5.63 Å². The van der Waals surface area contributed by atoms with E-state index in [9.17, 15) is 14.4 Å². The van der Waals surface area contributed by atoms with Gasteiger partial charge in [-0.05, 0) is 56.4 Å². The minimum absolute atomic E-state index is 0.192. The van der Waals surface area contributed by atoms with Crippen LogP contribution in [-0.4, -0.2) is 42.5 Å². The Morgan fingerprint density at radius 1 is 1.31 bits per heavy atom. The molecule has 2 aromatic rings. The van der Waals surface area contributed by atoms with Crippen LogP contribution in [0, 0.1) is 6.92 Å². The van der Waals surface area contributed by atoms with E-state index in [-0.39, 0.29) is 11.8 Å². The second-order valence-electron chi connectivity index (χ2n) is 7.47. The van der Waals surface area contributed by atoms with Crippen LogP contribution in [-0.2, 0) is 16.0 Å². The van der Waals surface area contributed by atoms with Crippen molar-refractivity contribution in [3.63, 3.8) is 0 Å². The number of carbonyl (C=O) groups excluding carboxylic acids is 2. The third kappa shape index (κ3) is 4.96. The molecule has 1 aliphatic rings. The molecule has 3 rings (SSSR count). The molecule has 0 unspecified atom stereocenters. The highest BCUT2D eigenvalue weighted by Gasteiger charge is 2.20. The molecule has 7 heteroatoms. The summed E-state index contributed by atoms with van der Waals surface area (Å²) < 4.78 is 11.3. The molecule has 0 radical (unpaired) electrons. The molecular formula is C22H28N2O5. The fourth-order valence-electron chi connectivity index (χ4n) is 3.65. The summed E-state index contributed by atoms with van der Waals surface area (Å²) in [6.45, 7) is 7.49. The van der Waals surface area contributed by atoms with Gasteiger partial charge < -0.3 is 19.4 Å². The highest BCUT2D eigenvalue weighted by atomic mass is 16.5. The maximum Gasteiger partial charge on any atom is 0.336 e. The third-order valence-electron chi connectivity index (χ3n) is 5.16. The highest BCUT2D eigenvalue weighted by Crippen LogP contribution is 2.31. The SMILES string of the molecule is CCc1cc(=O)oc2cc(C)cc(O[C@@H](C)C(=O)NCCCN3CCCC3=O)c12. The minimum atomic E-state index is -0.704. The molecule has 156 valence electrons. The standard InChI is InChI=1S/C22H28N2O5/c1-4-16-13-20(26)29-18-12-14(2)11-17(21(16)18)28-15(3)22(27)23-8-6-10-24-9-5-7-19(24)25/h11-13,15H,4-10H2,1-3H3,(H,23,27)/t15-/m0/s1. The molecule has 1 saturated heterocycles. The highest BCUT2D eigenvalue weighted by molar-refractivity contribution is 5.88. The largest absolute Gasteiger partial charge is 0.480 e. The summed E-state index contributed by atoms with van der Waals surface area (Å²) in [5, 5.41) is 3.59. The van der Waals surface area contributed by atoms with Gasteiger partial charge in [-0.15, -0.1) is 0 Å². The molecule has 29 heavy (non-hydrogen) atoms. The Morgan fingerprint density at radius 2 is 2.10 bits per heavy atom. The second-order valence-corrected chi connectivity index (χ2v) is 7.47. The summed E-state index contributed by atoms with van der Waals surface area (Å²) in [5.41, 5.74) is 1.78. The topological polar surface area (TPSA) is 88.8 Å². The van der Waals surface area contributed by atoms with Crippen LogP contribution in [0.3, 0.4) is 0 Å². The van der Waals surface area contributed by atoms with Crippen LogP contribution in [0.5, 0.6) is 5.75 Å². The van der Waals surface area contributed by atoms with Crippen molar-refractivity contribution in [3.8, 4) is 5.75 Å². The third-order valence-corrected chi connectivity index (χ3v) is 5.16. The number of likely N-dealkylation sites (tertiary alicyclic amines) is 1. The van der Waals surface area contributed by atoms with E-state index >= 15 is 0 Å². The molecule has 0 spiro atoms. The molecule has 7 nitrogen and oxygen atoms in total. The van der Waals surface area contributed by atoms with Gasteiger partial charge in [0.2, 0.25) is 5.91 Å². The number of nitrogens with one attached hydrogen (secondary N) is 1. The lowest BCUT2D eigenvalue weighted by atomic mass is 10.0. The molecule has 2 amide bonds. The molecule has 0 aliphatic carbocycles. The number of nitrogens with zero attached hydrogens (tertiary/aromatic N) is 1. The average molecular weight is 400 g/mol. The van der Waals surface area contributed by atoms with E-state index in [1.807, 2.05) is 24.8 Å². The number of ether oxygens (including phenoxy) is 1. The van der Waals surface area contributed by atoms with Gasteiger partial charge in [0.1, 0.15) is 11.3 Å². The average Bonchev–Trinajstić information content (AvgIpc) is 3.08. The van der Waals surface area contributed by atoms with Gasteiger partial charge in [-0.2, -0.15) is 0 Å². The van der Waals surface area contributed by atoms with Crippen LogP contribution in [0.1, 0.15) is 44.2 Å². The van der Waals surface area contributed by atoms with E-state index in [1.54, 1.807) is 13.0 Å². The second kappa shape index (κ2) is 9.11. The molecule has 1 aliphatic heterocycles. The zero-order valence-electron chi connectivity index (χ0n) is 17.2. The van der Waals surface area contributed by atoms with E-state index < -0.39 is 11.7 Å². The Balaban J connectivity index is 1.64. The first-order valence-electron chi connectivity index (χ1n) is 10.2. The zero-order chi connectivity index (χ0) is 21.0. The maximum atomic E-state index is 12.4. The summed E-state index contributed by atoms with van der Waals surface area (Å²) in [6.07, 6.45) is 2.20. The van der Waals surface area contributed by atoms with E-state index in [0.29, 0.717) is 43.7 Å². The number of benzene rings is 1. The maximum absolute atomic E-state index is 12.4. The Labute approximate surface area is 170 Å². The number of hydrogen-bond acceptors (Lipinski definition) is 5. The van der Waals surface area contributed by atoms with Gasteiger partial charge in [0.25, 0.3) is 5.91 Å². The van der Waals surface area contributed by atoms with Gasteiger partial charge in [-0.1, -0.05) is 6.92 Å². The lowest BCUT2D eigenvalue weighted by Crippen LogP contribution is -2.38. The first-order valence-corrected chi connectivity index (χ1v) is 10.2. The van der Waals surface area contributed by atoms with Crippen molar-refractivity contribution >= 4 is 22.8 Å². The molecule has 1 atom stereocenters. The summed E-state index contributed by atoms with van der Waals surface area (Å²) in [5.74, 6) is 0.506. The van der Waals surface area contributed by atoms with E-state index in [4.69, 9.17) is 9.15 Å². The fourth-order valence-corrected chi connectivity index (χ4v) is 3.65. The van der Waals surface area contributed by atoms with Gasteiger partial charge in [-0.25, -0.2) is 4.79 Å². The van der Waals surface area contributed by atoms with Crippen molar-refractivity contribution in [2.24, 2.45) is 0 Å². The lowest BCUT2D eigenvalue weighted by molar-refractivity contribution is -0.127. The molecule has 0 saturated carbocycles. The Hall–Kier alpha value is -2.83. The monoisotopic (exact) mass is 400 g/mol. The van der Waals surface area contributed by atoms with E-state index in [2.05, 4.69) is 5.32 Å². The van der Waals surface area contributed by atoms with Gasteiger partial charge in [0.05, 0.1) is 5.39 Å². The van der Waals surface area contributed by atoms with Crippen LogP contribution < -0.4 is 15.7 Å². The van der Waals surface area contributed by atoms with Crippen molar-refractivity contribution in [2.45, 2.75) is 52.6 Å². The molecule has 0 bridgehead atoms. The summed E-state index contributed by atoms with van der Waals surface area (Å²) in [7, 11) is 0. The van der Waals surface area contributed by atoms with Crippen LogP contribution in [0.4, 0.5) is 0 Å². The van der Waals surface area contributed by atoms with Crippen molar-refractivity contribution in [1.29, 1.82) is 0 Å². The predicted octanol–water partition coefficient (Wildman–Crippen LogP) is 2.56. The molecule has 1 aromatic carbocycles. The van der Waals surface area contributed by atoms with Gasteiger partial charge in [0, 0.05) is 32.1 Å². The van der Waals surface area contributed by atoms with E-state index in [1.165, 1.54) is 6.07 Å². The Kier molecular flexibility index (Phi) is 6.56. The Morgan fingerprint density at radius 3 is 2.79 bits per heavy atom. The quantitative estimate of drug-likeness (QED) is 0.543. The summed E-state index contributed by atoms with van der Waals surface area (Å²) in [4.78, 5) is 37.7. The summed E-state index contributed by atoms with van der Waals surface area (Å²) in [6, 6.07) is 5.12. The number of carbonyl (C=O) groups is 2. The molecular weight excluding hydrogens is 372 g/mol. The van der Waals surface area contributed by atoms with Gasteiger partial charge in [-0.3, -0.25) is 9.59 Å². The molecule has 1 N–H and O–H groups in total. The number of fused-ring (bicyclic) bond motifs is 1. The first-order chi connectivity index (χ1) is 13.9. The van der Waals surface area contributed by atoms with Crippen LogP contribution in [0.2, 0.25) is 0 Å². The first kappa shape index (κ1) is 20.9. The van der Waals surface area contributed by atoms with Crippen LogP contribution in [0.25, 0.3) is 11.0 Å². The van der Waals surface area contributed by atoms with Crippen molar-refractivity contribution in [2.75, 3.05) is 19.6 Å². The number of aryl methyl sites for hydroxylation is 2. The Bertz CT molecular complexity index is 966. The fraction of sp³-hybridized carbons (Fsp3) is 0.500. The van der Waals surface area contributed by atoms with Crippen LogP contribution >= 0.6 is 0 Å². The number of hydrogen-bond donors (Lipinski definition) is 1. The molecule has 1 fully saturated rings. The minimum Gasteiger partial charge on any atom is -0.480 e. The smallest absolute Gasteiger partial charge is 0.336 e. The normalized spacial score (nSPS) is 15.0. The van der Waals surface area contributed by atoms with Crippen LogP contribution in [0.15, 0.2) is 27.4 Å². The van der Waals surface area contributed by atoms with Crippen molar-refractivity contribution < 1.29 is 18.7 Å². The molecule has 1 aromatic heterocycles.